The molecule has 1 aromatic carbocycles. The van der Waals surface area contributed by atoms with Gasteiger partial charge in [-0.15, -0.1) is 11.3 Å². The van der Waals surface area contributed by atoms with Gasteiger partial charge in [0.2, 0.25) is 11.8 Å². The number of carbonyl (C=O) groups excluding carboxylic acids is 2. The molecule has 2 heterocycles. The van der Waals surface area contributed by atoms with Gasteiger partial charge in [0, 0.05) is 30.5 Å². The van der Waals surface area contributed by atoms with Crippen molar-refractivity contribution in [1.82, 2.24) is 10.3 Å². The quantitative estimate of drug-likeness (QED) is 0.347. The van der Waals surface area contributed by atoms with Crippen molar-refractivity contribution in [1.29, 1.82) is 0 Å². The fourth-order valence-electron chi connectivity index (χ4n) is 2.33. The zero-order valence-electron chi connectivity index (χ0n) is 15.2. The van der Waals surface area contributed by atoms with Crippen molar-refractivity contribution >= 4 is 40.0 Å². The average Bonchev–Trinajstić information content (AvgIpc) is 3.34. The molecule has 9 nitrogen and oxygen atoms in total. The van der Waals surface area contributed by atoms with E-state index in [1.165, 1.54) is 42.5 Å². The number of hydrogen-bond acceptors (Lipinski definition) is 7. The van der Waals surface area contributed by atoms with Crippen molar-refractivity contribution in [2.45, 2.75) is 13.5 Å². The minimum absolute atomic E-state index is 0.0477. The molecule has 0 aliphatic rings. The van der Waals surface area contributed by atoms with Crippen molar-refractivity contribution in [3.63, 3.8) is 0 Å². The predicted molar refractivity (Wildman–Crippen MR) is 108 cm³/mol. The van der Waals surface area contributed by atoms with E-state index in [1.54, 1.807) is 29.6 Å². The van der Waals surface area contributed by atoms with Gasteiger partial charge in [-0.25, -0.2) is 4.98 Å². The van der Waals surface area contributed by atoms with Crippen molar-refractivity contribution in [3.8, 4) is 11.5 Å². The van der Waals surface area contributed by atoms with Crippen LogP contribution in [-0.2, 0) is 16.1 Å². The summed E-state index contributed by atoms with van der Waals surface area (Å²) >= 11 is 1.23. The van der Waals surface area contributed by atoms with Crippen LogP contribution in [0.5, 0.6) is 0 Å². The van der Waals surface area contributed by atoms with Gasteiger partial charge in [0.05, 0.1) is 11.5 Å². The second-order valence-electron chi connectivity index (χ2n) is 5.89. The number of nitrogens with one attached hydrogen (secondary N) is 2. The lowest BCUT2D eigenvalue weighted by molar-refractivity contribution is -0.384. The molecule has 2 amide bonds. The fourth-order valence-corrected chi connectivity index (χ4v) is 3.03. The van der Waals surface area contributed by atoms with Crippen LogP contribution in [0.3, 0.4) is 0 Å². The second kappa shape index (κ2) is 8.93. The number of furan rings is 1. The number of rotatable bonds is 7. The first-order valence-electron chi connectivity index (χ1n) is 8.43. The minimum atomic E-state index is -0.495. The first kappa shape index (κ1) is 20.0. The highest BCUT2D eigenvalue weighted by atomic mass is 32.1. The van der Waals surface area contributed by atoms with Crippen LogP contribution in [0, 0.1) is 10.1 Å². The van der Waals surface area contributed by atoms with Crippen LogP contribution in [-0.4, -0.2) is 21.7 Å². The van der Waals surface area contributed by atoms with Crippen LogP contribution in [0.15, 0.2) is 52.3 Å². The first-order chi connectivity index (χ1) is 13.9. The van der Waals surface area contributed by atoms with Crippen LogP contribution < -0.4 is 10.6 Å². The molecule has 148 valence electrons. The molecule has 2 N–H and O–H groups in total. The van der Waals surface area contributed by atoms with Crippen molar-refractivity contribution in [2.24, 2.45) is 0 Å². The molecule has 0 bridgehead atoms. The van der Waals surface area contributed by atoms with Gasteiger partial charge in [0.1, 0.15) is 11.5 Å². The van der Waals surface area contributed by atoms with E-state index in [9.17, 15) is 19.7 Å². The Hall–Kier alpha value is -3.79. The van der Waals surface area contributed by atoms with Gasteiger partial charge >= 0.3 is 0 Å². The van der Waals surface area contributed by atoms with Gasteiger partial charge in [0.25, 0.3) is 5.69 Å². The normalized spacial score (nSPS) is 10.8. The number of nitrogens with zero attached hydrogens (tertiary/aromatic N) is 2. The number of nitro groups is 1. The molecule has 0 unspecified atom stereocenters. The SMILES string of the molecule is CC(=O)NCc1ccc(-c2csc(NC(=O)/C=C/c3cccc([N+](=O)[O-])c3)n2)o1. The minimum Gasteiger partial charge on any atom is -0.458 e. The maximum Gasteiger partial charge on any atom is 0.270 e. The third-order valence-electron chi connectivity index (χ3n) is 3.67. The van der Waals surface area contributed by atoms with E-state index < -0.39 is 10.8 Å². The second-order valence-corrected chi connectivity index (χ2v) is 6.75. The van der Waals surface area contributed by atoms with Gasteiger partial charge in [-0.2, -0.15) is 0 Å². The summed E-state index contributed by atoms with van der Waals surface area (Å²) in [4.78, 5) is 37.6. The van der Waals surface area contributed by atoms with Crippen molar-refractivity contribution in [2.75, 3.05) is 5.32 Å². The number of nitro benzene ring substituents is 1. The summed E-state index contributed by atoms with van der Waals surface area (Å²) in [6.45, 7) is 1.71. The van der Waals surface area contributed by atoms with Gasteiger partial charge in [-0.3, -0.25) is 25.0 Å². The van der Waals surface area contributed by atoms with E-state index in [1.807, 2.05) is 0 Å². The topological polar surface area (TPSA) is 127 Å². The van der Waals surface area contributed by atoms with E-state index in [-0.39, 0.29) is 18.1 Å². The molecule has 3 aromatic rings. The van der Waals surface area contributed by atoms with Crippen LogP contribution in [0.2, 0.25) is 0 Å². The zero-order valence-corrected chi connectivity index (χ0v) is 16.1. The fraction of sp³-hybridized carbons (Fsp3) is 0.105. The number of thiazole rings is 1. The summed E-state index contributed by atoms with van der Waals surface area (Å²) in [5, 5.41) is 18.2. The van der Waals surface area contributed by atoms with E-state index in [0.717, 1.165) is 0 Å². The summed E-state index contributed by atoms with van der Waals surface area (Å²) in [6.07, 6.45) is 2.76. The Morgan fingerprint density at radius 3 is 2.90 bits per heavy atom. The Bertz CT molecular complexity index is 1090. The number of hydrogen-bond donors (Lipinski definition) is 2. The molecule has 0 aliphatic carbocycles. The van der Waals surface area contributed by atoms with E-state index in [0.29, 0.717) is 27.9 Å². The average molecular weight is 412 g/mol. The standard InChI is InChI=1S/C19H16N4O5S/c1-12(24)20-10-15-6-7-17(28-15)16-11-29-19(21-16)22-18(25)8-5-13-3-2-4-14(9-13)23(26)27/h2-9,11H,10H2,1H3,(H,20,24)(H,21,22,25)/b8-5+. The summed E-state index contributed by atoms with van der Waals surface area (Å²) in [7, 11) is 0. The molecule has 0 saturated heterocycles. The van der Waals surface area contributed by atoms with Gasteiger partial charge in [-0.1, -0.05) is 12.1 Å². The number of benzene rings is 1. The molecule has 2 aromatic heterocycles. The van der Waals surface area contributed by atoms with Gasteiger partial charge in [-0.05, 0) is 23.8 Å². The number of anilines is 1. The lowest BCUT2D eigenvalue weighted by atomic mass is 10.2. The summed E-state index contributed by atoms with van der Waals surface area (Å²) in [5.74, 6) is 0.547. The lowest BCUT2D eigenvalue weighted by Crippen LogP contribution is -2.18. The van der Waals surface area contributed by atoms with Crippen LogP contribution in [0.25, 0.3) is 17.5 Å². The maximum absolute atomic E-state index is 12.1. The Morgan fingerprint density at radius 2 is 2.14 bits per heavy atom. The molecule has 29 heavy (non-hydrogen) atoms. The molecule has 0 spiro atoms. The molecule has 10 heteroatoms. The Morgan fingerprint density at radius 1 is 1.31 bits per heavy atom. The smallest absolute Gasteiger partial charge is 0.270 e. The molecule has 3 rings (SSSR count). The molecule has 0 saturated carbocycles. The highest BCUT2D eigenvalue weighted by Crippen LogP contribution is 2.26. The molecular formula is C19H16N4O5S. The Balaban J connectivity index is 1.61. The largest absolute Gasteiger partial charge is 0.458 e. The van der Waals surface area contributed by atoms with Crippen molar-refractivity contribution < 1.29 is 18.9 Å². The number of amides is 2. The molecular weight excluding hydrogens is 396 g/mol. The lowest BCUT2D eigenvalue weighted by Gasteiger charge is -1.98. The van der Waals surface area contributed by atoms with E-state index in [4.69, 9.17) is 4.42 Å². The summed E-state index contributed by atoms with van der Waals surface area (Å²) in [5.41, 5.74) is 1.05. The molecule has 0 fully saturated rings. The van der Waals surface area contributed by atoms with Crippen molar-refractivity contribution in [3.05, 3.63) is 69.3 Å². The van der Waals surface area contributed by atoms with Gasteiger partial charge < -0.3 is 9.73 Å². The third kappa shape index (κ3) is 5.59. The Kier molecular flexibility index (Phi) is 6.15. The highest BCUT2D eigenvalue weighted by molar-refractivity contribution is 7.14. The third-order valence-corrected chi connectivity index (χ3v) is 4.43. The highest BCUT2D eigenvalue weighted by Gasteiger charge is 2.11. The number of carbonyl (C=O) groups is 2. The molecule has 0 radical (unpaired) electrons. The number of aromatic nitrogens is 1. The first-order valence-corrected chi connectivity index (χ1v) is 9.31. The van der Waals surface area contributed by atoms with E-state index in [2.05, 4.69) is 15.6 Å². The maximum atomic E-state index is 12.1. The zero-order chi connectivity index (χ0) is 20.8. The Labute approximate surface area is 169 Å². The van der Waals surface area contributed by atoms with Gasteiger partial charge in [0.15, 0.2) is 10.9 Å². The van der Waals surface area contributed by atoms with Crippen LogP contribution in [0.4, 0.5) is 10.8 Å². The molecule has 0 aliphatic heterocycles. The van der Waals surface area contributed by atoms with Crippen LogP contribution in [0.1, 0.15) is 18.2 Å². The molecule has 0 atom stereocenters. The summed E-state index contributed by atoms with van der Waals surface area (Å²) < 4.78 is 5.62. The summed E-state index contributed by atoms with van der Waals surface area (Å²) in [6, 6.07) is 9.44. The van der Waals surface area contributed by atoms with Crippen LogP contribution >= 0.6 is 11.3 Å². The predicted octanol–water partition coefficient (Wildman–Crippen LogP) is 3.60. The number of non-ortho nitro benzene ring substituents is 1. The monoisotopic (exact) mass is 412 g/mol. The van der Waals surface area contributed by atoms with E-state index >= 15 is 0 Å².